The second-order valence-electron chi connectivity index (χ2n) is 5.41. The molecule has 2 heterocycles. The van der Waals surface area contributed by atoms with Crippen molar-refractivity contribution in [2.75, 3.05) is 12.1 Å². The molecule has 0 radical (unpaired) electrons. The van der Waals surface area contributed by atoms with E-state index in [1.54, 1.807) is 17.5 Å². The monoisotopic (exact) mass is 369 g/mol. The molecule has 7 heteroatoms. The number of thiazole rings is 1. The highest BCUT2D eigenvalue weighted by Gasteiger charge is 2.13. The minimum atomic E-state index is 0.281. The number of anilines is 1. The zero-order valence-corrected chi connectivity index (χ0v) is 14.8. The van der Waals surface area contributed by atoms with Crippen molar-refractivity contribution in [3.63, 3.8) is 0 Å². The number of aromatic nitrogens is 1. The van der Waals surface area contributed by atoms with E-state index in [9.17, 15) is 0 Å². The molecule has 1 aromatic heterocycles. The Morgan fingerprint density at radius 1 is 1.12 bits per heavy atom. The first kappa shape index (κ1) is 15.9. The maximum absolute atomic E-state index is 5.38. The predicted molar refractivity (Wildman–Crippen MR) is 103 cm³/mol. The van der Waals surface area contributed by atoms with Crippen LogP contribution in [0.3, 0.4) is 0 Å². The van der Waals surface area contributed by atoms with Gasteiger partial charge in [-0.3, -0.25) is 0 Å². The van der Waals surface area contributed by atoms with Crippen LogP contribution in [-0.4, -0.2) is 16.9 Å². The summed E-state index contributed by atoms with van der Waals surface area (Å²) in [6.07, 6.45) is 1.81. The van der Waals surface area contributed by atoms with Gasteiger partial charge in [0.25, 0.3) is 0 Å². The van der Waals surface area contributed by atoms with E-state index in [0.29, 0.717) is 11.7 Å². The van der Waals surface area contributed by atoms with Crippen LogP contribution in [0.5, 0.6) is 11.5 Å². The van der Waals surface area contributed by atoms with Gasteiger partial charge in [-0.1, -0.05) is 6.07 Å². The minimum absolute atomic E-state index is 0.281. The van der Waals surface area contributed by atoms with E-state index in [0.717, 1.165) is 33.3 Å². The average molecular weight is 369 g/mol. The van der Waals surface area contributed by atoms with Crippen molar-refractivity contribution in [3.8, 4) is 22.1 Å². The molecule has 0 atom stereocenters. The van der Waals surface area contributed by atoms with Crippen LogP contribution in [0, 0.1) is 0 Å². The molecule has 5 nitrogen and oxygen atoms in total. The first-order valence-corrected chi connectivity index (χ1v) is 9.00. The Morgan fingerprint density at radius 2 is 1.96 bits per heavy atom. The topological polar surface area (TPSA) is 55.4 Å². The fraction of sp³-hybridized carbons (Fsp3) is 0.111. The summed E-state index contributed by atoms with van der Waals surface area (Å²) in [6, 6.07) is 13.9. The highest BCUT2D eigenvalue weighted by molar-refractivity contribution is 7.80. The van der Waals surface area contributed by atoms with Crippen molar-refractivity contribution in [3.05, 3.63) is 59.6 Å². The van der Waals surface area contributed by atoms with Gasteiger partial charge in [-0.15, -0.1) is 11.3 Å². The standard InChI is InChI=1S/C18H15N3O2S2/c24-18(20-10-12-1-6-15-16(9-12)23-11-22-15)21-14-4-2-13(3-5-14)17-19-7-8-25-17/h1-9H,10-11H2,(H2,20,21,24). The van der Waals surface area contributed by atoms with Crippen molar-refractivity contribution in [2.45, 2.75) is 6.54 Å². The summed E-state index contributed by atoms with van der Waals surface area (Å²) in [6.45, 7) is 0.892. The summed E-state index contributed by atoms with van der Waals surface area (Å²) in [7, 11) is 0. The second-order valence-corrected chi connectivity index (χ2v) is 6.71. The molecule has 0 unspecified atom stereocenters. The molecule has 1 aliphatic heterocycles. The van der Waals surface area contributed by atoms with Crippen LogP contribution in [0.1, 0.15) is 5.56 Å². The second kappa shape index (κ2) is 7.08. The molecular weight excluding hydrogens is 354 g/mol. The highest BCUT2D eigenvalue weighted by atomic mass is 32.1. The van der Waals surface area contributed by atoms with E-state index in [-0.39, 0.29) is 6.79 Å². The Balaban J connectivity index is 1.33. The van der Waals surface area contributed by atoms with Crippen LogP contribution in [0.2, 0.25) is 0 Å². The summed E-state index contributed by atoms with van der Waals surface area (Å²) in [5.41, 5.74) is 3.11. The highest BCUT2D eigenvalue weighted by Crippen LogP contribution is 2.32. The number of nitrogens with zero attached hydrogens (tertiary/aromatic N) is 1. The Bertz CT molecular complexity index is 880. The maximum Gasteiger partial charge on any atom is 0.231 e. The van der Waals surface area contributed by atoms with E-state index in [4.69, 9.17) is 21.7 Å². The number of benzene rings is 2. The molecule has 0 saturated carbocycles. The van der Waals surface area contributed by atoms with Gasteiger partial charge in [0.05, 0.1) is 0 Å². The number of ether oxygens (including phenoxy) is 2. The van der Waals surface area contributed by atoms with Gasteiger partial charge in [0, 0.05) is 29.4 Å². The van der Waals surface area contributed by atoms with Crippen LogP contribution in [0.15, 0.2) is 54.0 Å². The number of nitrogens with one attached hydrogen (secondary N) is 2. The van der Waals surface area contributed by atoms with Crippen molar-refractivity contribution in [2.24, 2.45) is 0 Å². The number of fused-ring (bicyclic) bond motifs is 1. The van der Waals surface area contributed by atoms with Crippen LogP contribution in [-0.2, 0) is 6.54 Å². The van der Waals surface area contributed by atoms with Gasteiger partial charge in [-0.2, -0.15) is 0 Å². The Labute approximate surface area is 154 Å². The molecule has 3 aromatic rings. The van der Waals surface area contributed by atoms with Crippen LogP contribution < -0.4 is 20.1 Å². The molecule has 1 aliphatic rings. The van der Waals surface area contributed by atoms with Gasteiger partial charge in [0.15, 0.2) is 16.6 Å². The molecule has 0 bridgehead atoms. The third-order valence-electron chi connectivity index (χ3n) is 3.71. The Kier molecular flexibility index (Phi) is 4.49. The SMILES string of the molecule is S=C(NCc1ccc2c(c1)OCO2)Nc1ccc(-c2nccs2)cc1. The lowest BCUT2D eigenvalue weighted by Gasteiger charge is -2.11. The molecule has 0 aliphatic carbocycles. The van der Waals surface area contributed by atoms with E-state index < -0.39 is 0 Å². The predicted octanol–water partition coefficient (Wildman–Crippen LogP) is 4.03. The van der Waals surface area contributed by atoms with Crippen LogP contribution in [0.25, 0.3) is 10.6 Å². The van der Waals surface area contributed by atoms with Gasteiger partial charge < -0.3 is 20.1 Å². The number of hydrogen-bond donors (Lipinski definition) is 2. The largest absolute Gasteiger partial charge is 0.454 e. The quantitative estimate of drug-likeness (QED) is 0.678. The van der Waals surface area contributed by atoms with E-state index in [2.05, 4.69) is 15.6 Å². The van der Waals surface area contributed by atoms with E-state index >= 15 is 0 Å². The maximum atomic E-state index is 5.38. The molecule has 0 amide bonds. The molecule has 25 heavy (non-hydrogen) atoms. The third kappa shape index (κ3) is 3.72. The molecule has 126 valence electrons. The summed E-state index contributed by atoms with van der Waals surface area (Å²) in [5, 5.41) is 9.93. The molecule has 0 saturated heterocycles. The van der Waals surface area contributed by atoms with E-state index in [1.807, 2.05) is 47.8 Å². The molecular formula is C18H15N3O2S2. The van der Waals surface area contributed by atoms with Crippen molar-refractivity contribution < 1.29 is 9.47 Å². The molecule has 4 rings (SSSR count). The molecule has 2 N–H and O–H groups in total. The number of hydrogen-bond acceptors (Lipinski definition) is 5. The van der Waals surface area contributed by atoms with Gasteiger partial charge in [-0.25, -0.2) is 4.98 Å². The minimum Gasteiger partial charge on any atom is -0.454 e. The lowest BCUT2D eigenvalue weighted by Crippen LogP contribution is -2.27. The third-order valence-corrected chi connectivity index (χ3v) is 4.78. The molecule has 2 aromatic carbocycles. The number of thiocarbonyl (C=S) groups is 1. The summed E-state index contributed by atoms with van der Waals surface area (Å²) in [4.78, 5) is 4.31. The first-order valence-electron chi connectivity index (χ1n) is 7.71. The Morgan fingerprint density at radius 3 is 2.76 bits per heavy atom. The van der Waals surface area contributed by atoms with Crippen molar-refractivity contribution in [1.29, 1.82) is 0 Å². The lowest BCUT2D eigenvalue weighted by molar-refractivity contribution is 0.174. The van der Waals surface area contributed by atoms with Gasteiger partial charge >= 0.3 is 0 Å². The molecule has 0 fully saturated rings. The average Bonchev–Trinajstić information content (AvgIpc) is 3.32. The zero-order valence-electron chi connectivity index (χ0n) is 13.2. The van der Waals surface area contributed by atoms with E-state index in [1.165, 1.54) is 0 Å². The van der Waals surface area contributed by atoms with Crippen molar-refractivity contribution >= 4 is 34.4 Å². The zero-order chi connectivity index (χ0) is 17.1. The van der Waals surface area contributed by atoms with Crippen molar-refractivity contribution in [1.82, 2.24) is 10.3 Å². The van der Waals surface area contributed by atoms with Gasteiger partial charge in [0.1, 0.15) is 5.01 Å². The normalized spacial score (nSPS) is 12.0. The van der Waals surface area contributed by atoms with Crippen LogP contribution in [0.4, 0.5) is 5.69 Å². The summed E-state index contributed by atoms with van der Waals surface area (Å²) >= 11 is 6.98. The van der Waals surface area contributed by atoms with Gasteiger partial charge in [-0.05, 0) is 54.2 Å². The molecule has 0 spiro atoms. The smallest absolute Gasteiger partial charge is 0.231 e. The van der Waals surface area contributed by atoms with Crippen LogP contribution >= 0.6 is 23.6 Å². The lowest BCUT2D eigenvalue weighted by atomic mass is 10.2. The fourth-order valence-electron chi connectivity index (χ4n) is 2.47. The van der Waals surface area contributed by atoms with Gasteiger partial charge in [0.2, 0.25) is 6.79 Å². The summed E-state index contributed by atoms with van der Waals surface area (Å²) in [5.74, 6) is 1.56. The number of rotatable bonds is 4. The summed E-state index contributed by atoms with van der Waals surface area (Å²) < 4.78 is 10.7. The first-order chi connectivity index (χ1) is 12.3. The fourth-order valence-corrected chi connectivity index (χ4v) is 3.31. The Hall–Kier alpha value is -2.64.